The van der Waals surface area contributed by atoms with Crippen molar-refractivity contribution >= 4 is 34.2 Å². The van der Waals surface area contributed by atoms with Crippen LogP contribution in [0.5, 0.6) is 0 Å². The minimum absolute atomic E-state index is 0.397. The van der Waals surface area contributed by atoms with E-state index in [0.29, 0.717) is 16.8 Å². The molecule has 0 atom stereocenters. The second-order valence-electron chi connectivity index (χ2n) is 9.04. The Morgan fingerprint density at radius 3 is 2.34 bits per heavy atom. The van der Waals surface area contributed by atoms with E-state index in [-0.39, 0.29) is 0 Å². The Morgan fingerprint density at radius 1 is 0.857 bits per heavy atom. The zero-order valence-corrected chi connectivity index (χ0v) is 19.2. The molecule has 0 radical (unpaired) electrons. The van der Waals surface area contributed by atoms with Crippen LogP contribution in [0.4, 0.5) is 4.39 Å². The van der Waals surface area contributed by atoms with Gasteiger partial charge in [0.1, 0.15) is 0 Å². The van der Waals surface area contributed by atoms with Crippen molar-refractivity contribution in [1.82, 2.24) is 20.4 Å². The van der Waals surface area contributed by atoms with E-state index < -0.39 is 5.95 Å². The number of nitrogens with zero attached hydrogens (tertiary/aromatic N) is 2. The van der Waals surface area contributed by atoms with E-state index in [0.717, 1.165) is 27.8 Å². The summed E-state index contributed by atoms with van der Waals surface area (Å²) in [5.74, 6) is 0.0868. The third-order valence-corrected chi connectivity index (χ3v) is 6.85. The van der Waals surface area contributed by atoms with Gasteiger partial charge in [-0.1, -0.05) is 79.2 Å². The van der Waals surface area contributed by atoms with Gasteiger partial charge in [0.2, 0.25) is 5.95 Å². The average molecular weight is 461 g/mol. The third-order valence-electron chi connectivity index (χ3n) is 6.85. The van der Waals surface area contributed by atoms with Gasteiger partial charge in [-0.25, -0.2) is 0 Å². The van der Waals surface area contributed by atoms with Gasteiger partial charge in [0.15, 0.2) is 0 Å². The maximum Gasteiger partial charge on any atom is 0.216 e. The molecule has 0 aliphatic heterocycles. The van der Waals surface area contributed by atoms with Gasteiger partial charge in [-0.15, -0.1) is 0 Å². The first-order chi connectivity index (χ1) is 17.3. The molecule has 1 saturated carbocycles. The molecule has 5 aromatic rings. The standard InChI is InChI=1S/C30H25FN4/c31-30-26-17-25(15-16-27(26)34-35-30)29(28(23-7-4-8-23)22-5-2-1-3-6-22)24-13-11-20(12-14-24)9-10-21-18-32-33-19-21/h1-3,5-6,9-19,23H,4,7-8H2,(H,32,33)(H,34,35)/b10-9+,29-28-. The summed E-state index contributed by atoms with van der Waals surface area (Å²) in [4.78, 5) is 0. The molecule has 0 saturated heterocycles. The summed E-state index contributed by atoms with van der Waals surface area (Å²) in [7, 11) is 0. The molecule has 2 heterocycles. The van der Waals surface area contributed by atoms with E-state index in [1.807, 2.05) is 24.4 Å². The van der Waals surface area contributed by atoms with Gasteiger partial charge in [0, 0.05) is 11.8 Å². The maximum atomic E-state index is 14.5. The average Bonchev–Trinajstić information content (AvgIpc) is 3.52. The summed E-state index contributed by atoms with van der Waals surface area (Å²) in [6.07, 6.45) is 11.3. The Kier molecular flexibility index (Phi) is 5.59. The number of hydrogen-bond acceptors (Lipinski definition) is 2. The smallest absolute Gasteiger partial charge is 0.216 e. The fourth-order valence-electron chi connectivity index (χ4n) is 4.82. The molecule has 3 aromatic carbocycles. The van der Waals surface area contributed by atoms with E-state index in [1.54, 1.807) is 6.20 Å². The molecule has 2 aromatic heterocycles. The van der Waals surface area contributed by atoms with Gasteiger partial charge < -0.3 is 0 Å². The Morgan fingerprint density at radius 2 is 1.63 bits per heavy atom. The lowest BCUT2D eigenvalue weighted by atomic mass is 9.73. The lowest BCUT2D eigenvalue weighted by Crippen LogP contribution is -2.15. The highest BCUT2D eigenvalue weighted by molar-refractivity contribution is 6.01. The number of H-pyrrole nitrogens is 2. The summed E-state index contributed by atoms with van der Waals surface area (Å²) in [5.41, 5.74) is 8.62. The number of halogens is 1. The Hall–Kier alpha value is -4.25. The van der Waals surface area contributed by atoms with E-state index in [4.69, 9.17) is 0 Å². The SMILES string of the molecule is Fc1[nH]nc2ccc(/C(=C(/c3ccccc3)C3CCC3)c3ccc(/C=C/c4cn[nH]c4)cc3)cc12. The number of benzene rings is 3. The molecular formula is C30H25FN4. The molecular weight excluding hydrogens is 435 g/mol. The monoisotopic (exact) mass is 460 g/mol. The van der Waals surface area contributed by atoms with E-state index >= 15 is 0 Å². The number of aromatic nitrogens is 4. The molecule has 5 heteroatoms. The quantitative estimate of drug-likeness (QED) is 0.260. The zero-order valence-electron chi connectivity index (χ0n) is 19.2. The molecule has 0 bridgehead atoms. The molecule has 6 rings (SSSR count). The van der Waals surface area contributed by atoms with Crippen molar-refractivity contribution in [3.63, 3.8) is 0 Å². The van der Waals surface area contributed by atoms with E-state index in [1.165, 1.54) is 30.4 Å². The molecule has 1 fully saturated rings. The Labute approximate surface area is 203 Å². The van der Waals surface area contributed by atoms with Gasteiger partial charge in [-0.3, -0.25) is 10.2 Å². The minimum atomic E-state index is -0.397. The topological polar surface area (TPSA) is 57.4 Å². The summed E-state index contributed by atoms with van der Waals surface area (Å²) in [6, 6.07) is 25.1. The van der Waals surface area contributed by atoms with Gasteiger partial charge in [0.05, 0.1) is 17.1 Å². The highest BCUT2D eigenvalue weighted by Crippen LogP contribution is 2.45. The number of aromatic amines is 2. The Bertz CT molecular complexity index is 1510. The normalized spacial score (nSPS) is 14.9. The van der Waals surface area contributed by atoms with Crippen LogP contribution in [-0.2, 0) is 0 Å². The van der Waals surface area contributed by atoms with Gasteiger partial charge in [0.25, 0.3) is 0 Å². The van der Waals surface area contributed by atoms with Crippen molar-refractivity contribution in [2.45, 2.75) is 19.3 Å². The maximum absolute atomic E-state index is 14.5. The summed E-state index contributed by atoms with van der Waals surface area (Å²) >= 11 is 0. The molecule has 4 nitrogen and oxygen atoms in total. The lowest BCUT2D eigenvalue weighted by Gasteiger charge is -2.31. The van der Waals surface area contributed by atoms with Crippen LogP contribution in [0.15, 0.2) is 85.2 Å². The van der Waals surface area contributed by atoms with Crippen molar-refractivity contribution in [2.75, 3.05) is 0 Å². The molecule has 35 heavy (non-hydrogen) atoms. The van der Waals surface area contributed by atoms with Gasteiger partial charge >= 0.3 is 0 Å². The van der Waals surface area contributed by atoms with E-state index in [2.05, 4.69) is 87.1 Å². The predicted octanol–water partition coefficient (Wildman–Crippen LogP) is 7.35. The van der Waals surface area contributed by atoms with Crippen LogP contribution in [0.1, 0.15) is 47.1 Å². The molecule has 0 unspecified atom stereocenters. The number of rotatable bonds is 6. The number of nitrogens with one attached hydrogen (secondary N) is 2. The molecule has 0 spiro atoms. The molecule has 172 valence electrons. The summed E-state index contributed by atoms with van der Waals surface area (Å²) < 4.78 is 14.5. The van der Waals surface area contributed by atoms with Crippen LogP contribution in [-0.4, -0.2) is 20.4 Å². The predicted molar refractivity (Wildman–Crippen MR) is 140 cm³/mol. The van der Waals surface area contributed by atoms with Crippen molar-refractivity contribution in [2.24, 2.45) is 5.92 Å². The number of allylic oxidation sites excluding steroid dienone is 1. The molecule has 2 N–H and O–H groups in total. The van der Waals surface area contributed by atoms with Crippen molar-refractivity contribution < 1.29 is 4.39 Å². The minimum Gasteiger partial charge on any atom is -0.285 e. The first kappa shape index (κ1) is 21.3. The Balaban J connectivity index is 1.51. The van der Waals surface area contributed by atoms with Gasteiger partial charge in [-0.05, 0) is 64.3 Å². The molecule has 1 aliphatic rings. The second-order valence-corrected chi connectivity index (χ2v) is 9.04. The summed E-state index contributed by atoms with van der Waals surface area (Å²) in [6.45, 7) is 0. The number of hydrogen-bond donors (Lipinski definition) is 2. The van der Waals surface area contributed by atoms with Crippen molar-refractivity contribution in [3.8, 4) is 0 Å². The fourth-order valence-corrected chi connectivity index (χ4v) is 4.82. The van der Waals surface area contributed by atoms with Crippen LogP contribution in [0.2, 0.25) is 0 Å². The van der Waals surface area contributed by atoms with Crippen molar-refractivity contribution in [3.05, 3.63) is 119 Å². The van der Waals surface area contributed by atoms with E-state index in [9.17, 15) is 4.39 Å². The van der Waals surface area contributed by atoms with Crippen LogP contribution >= 0.6 is 0 Å². The zero-order chi connectivity index (χ0) is 23.6. The third kappa shape index (κ3) is 4.21. The first-order valence-electron chi connectivity index (χ1n) is 12.0. The lowest BCUT2D eigenvalue weighted by molar-refractivity contribution is 0.401. The fraction of sp³-hybridized carbons (Fsp3) is 0.133. The second kappa shape index (κ2) is 9.18. The highest BCUT2D eigenvalue weighted by Gasteiger charge is 2.27. The van der Waals surface area contributed by atoms with Crippen molar-refractivity contribution in [1.29, 1.82) is 0 Å². The van der Waals surface area contributed by atoms with Crippen LogP contribution < -0.4 is 0 Å². The molecule has 0 amide bonds. The first-order valence-corrected chi connectivity index (χ1v) is 12.0. The highest BCUT2D eigenvalue weighted by atomic mass is 19.1. The largest absolute Gasteiger partial charge is 0.285 e. The molecule has 1 aliphatic carbocycles. The van der Waals surface area contributed by atoms with Crippen LogP contribution in [0.3, 0.4) is 0 Å². The number of fused-ring (bicyclic) bond motifs is 1. The van der Waals surface area contributed by atoms with Crippen LogP contribution in [0.25, 0.3) is 34.2 Å². The van der Waals surface area contributed by atoms with Crippen LogP contribution in [0, 0.1) is 11.9 Å². The van der Waals surface area contributed by atoms with Gasteiger partial charge in [-0.2, -0.15) is 14.6 Å². The summed E-state index contributed by atoms with van der Waals surface area (Å²) in [5, 5.41) is 13.9.